The molecule has 0 N–H and O–H groups in total. The number of hydrogen-bond acceptors (Lipinski definition) is 4. The number of para-hydroxylation sites is 1. The van der Waals surface area contributed by atoms with Gasteiger partial charge >= 0.3 is 0 Å². The van der Waals surface area contributed by atoms with Crippen molar-refractivity contribution >= 4 is 53.4 Å². The van der Waals surface area contributed by atoms with Gasteiger partial charge in [0, 0.05) is 47.6 Å². The van der Waals surface area contributed by atoms with Crippen molar-refractivity contribution in [2.45, 2.75) is 0 Å². The summed E-state index contributed by atoms with van der Waals surface area (Å²) in [5.41, 5.74) is 9.15. The Labute approximate surface area is 257 Å². The Hall–Kier alpha value is -5.58. The van der Waals surface area contributed by atoms with Crippen molar-refractivity contribution in [3.8, 4) is 45.0 Å². The summed E-state index contributed by atoms with van der Waals surface area (Å²) in [4.78, 5) is 10.2. The maximum Gasteiger partial charge on any atom is 0.160 e. The second-order valence-electron chi connectivity index (χ2n) is 11.0. The van der Waals surface area contributed by atoms with Gasteiger partial charge in [0.05, 0.1) is 11.4 Å². The van der Waals surface area contributed by atoms with Gasteiger partial charge in [-0.05, 0) is 47.5 Å². The Morgan fingerprint density at radius 3 is 2.00 bits per heavy atom. The molecule has 3 nitrogen and oxygen atoms in total. The van der Waals surface area contributed by atoms with E-state index in [-0.39, 0.29) is 0 Å². The number of furan rings is 1. The second kappa shape index (κ2) is 10.0. The molecule has 0 radical (unpaired) electrons. The highest BCUT2D eigenvalue weighted by Crippen LogP contribution is 2.43. The molecule has 0 unspecified atom stereocenters. The maximum absolute atomic E-state index is 6.22. The fraction of sp³-hybridized carbons (Fsp3) is 0. The van der Waals surface area contributed by atoms with Crippen LogP contribution in [0.1, 0.15) is 0 Å². The SMILES string of the molecule is c1ccc(-c2cc(-c3cccc4sc5ccc(-c6cccc7oc8ccccc8c67)cc5c34)nc(-c3ccccc3)n2)cc1. The van der Waals surface area contributed by atoms with Gasteiger partial charge in [-0.2, -0.15) is 0 Å². The van der Waals surface area contributed by atoms with E-state index in [1.807, 2.05) is 47.7 Å². The molecule has 0 amide bonds. The minimum atomic E-state index is 0.720. The summed E-state index contributed by atoms with van der Waals surface area (Å²) >= 11 is 1.82. The zero-order chi connectivity index (χ0) is 29.0. The van der Waals surface area contributed by atoms with Crippen LogP contribution in [0.25, 0.3) is 87.1 Å². The molecule has 0 aliphatic heterocycles. The van der Waals surface area contributed by atoms with Gasteiger partial charge < -0.3 is 4.42 Å². The standard InChI is InChI=1S/C40H24N2OS/c1-3-11-25(12-4-1)32-24-33(42-40(41-32)26-13-5-2-6-14-26)29-17-10-20-37-39(29)31-23-27(21-22-36(31)44-37)28-16-9-19-35-38(28)30-15-7-8-18-34(30)43-35/h1-24H. The van der Waals surface area contributed by atoms with Gasteiger partial charge in [-0.15, -0.1) is 11.3 Å². The Balaban J connectivity index is 1.29. The Morgan fingerprint density at radius 2 is 1.14 bits per heavy atom. The highest BCUT2D eigenvalue weighted by atomic mass is 32.1. The van der Waals surface area contributed by atoms with Crippen LogP contribution < -0.4 is 0 Å². The Kier molecular flexibility index (Phi) is 5.68. The molecule has 0 spiro atoms. The molecule has 0 atom stereocenters. The summed E-state index contributed by atoms with van der Waals surface area (Å²) in [6.45, 7) is 0. The van der Waals surface area contributed by atoms with E-state index >= 15 is 0 Å². The summed E-state index contributed by atoms with van der Waals surface area (Å²) in [6, 6.07) is 50.7. The molecule has 0 saturated heterocycles. The second-order valence-corrected chi connectivity index (χ2v) is 12.0. The molecule has 4 heteroatoms. The lowest BCUT2D eigenvalue weighted by atomic mass is 9.96. The first-order valence-electron chi connectivity index (χ1n) is 14.7. The summed E-state index contributed by atoms with van der Waals surface area (Å²) in [5.74, 6) is 0.720. The van der Waals surface area contributed by atoms with Crippen LogP contribution in [0.2, 0.25) is 0 Å². The highest BCUT2D eigenvalue weighted by molar-refractivity contribution is 7.26. The molecule has 0 aliphatic carbocycles. The summed E-state index contributed by atoms with van der Waals surface area (Å²) < 4.78 is 8.71. The van der Waals surface area contributed by atoms with E-state index in [1.54, 1.807) is 0 Å². The van der Waals surface area contributed by atoms with Crippen LogP contribution >= 0.6 is 11.3 Å². The summed E-state index contributed by atoms with van der Waals surface area (Å²) in [6.07, 6.45) is 0. The molecule has 0 saturated carbocycles. The van der Waals surface area contributed by atoms with Crippen molar-refractivity contribution in [2.75, 3.05) is 0 Å². The Morgan fingerprint density at radius 1 is 0.432 bits per heavy atom. The third kappa shape index (κ3) is 4.03. The smallest absolute Gasteiger partial charge is 0.160 e. The molecule has 9 rings (SSSR count). The molecule has 3 heterocycles. The number of hydrogen-bond donors (Lipinski definition) is 0. The lowest BCUT2D eigenvalue weighted by Crippen LogP contribution is -1.96. The molecule has 0 bridgehead atoms. The number of aromatic nitrogens is 2. The zero-order valence-electron chi connectivity index (χ0n) is 23.6. The van der Waals surface area contributed by atoms with Crippen molar-refractivity contribution in [3.63, 3.8) is 0 Å². The maximum atomic E-state index is 6.22. The van der Waals surface area contributed by atoms with Crippen molar-refractivity contribution in [1.29, 1.82) is 0 Å². The van der Waals surface area contributed by atoms with Crippen LogP contribution in [0.15, 0.2) is 150 Å². The fourth-order valence-electron chi connectivity index (χ4n) is 6.28. The molecule has 0 fully saturated rings. The lowest BCUT2D eigenvalue weighted by Gasteiger charge is -2.11. The van der Waals surface area contributed by atoms with E-state index < -0.39 is 0 Å². The minimum Gasteiger partial charge on any atom is -0.456 e. The van der Waals surface area contributed by atoms with Gasteiger partial charge in [0.1, 0.15) is 11.2 Å². The van der Waals surface area contributed by atoms with Crippen LogP contribution in [0.4, 0.5) is 0 Å². The summed E-state index contributed by atoms with van der Waals surface area (Å²) in [5, 5.41) is 4.73. The average molecular weight is 581 g/mol. The van der Waals surface area contributed by atoms with E-state index in [1.165, 1.54) is 31.3 Å². The van der Waals surface area contributed by atoms with Gasteiger partial charge in [-0.25, -0.2) is 9.97 Å². The lowest BCUT2D eigenvalue weighted by molar-refractivity contribution is 0.669. The number of benzene rings is 6. The van der Waals surface area contributed by atoms with E-state index in [0.717, 1.165) is 55.8 Å². The first-order valence-corrected chi connectivity index (χ1v) is 15.5. The minimum absolute atomic E-state index is 0.720. The van der Waals surface area contributed by atoms with Crippen molar-refractivity contribution in [2.24, 2.45) is 0 Å². The van der Waals surface area contributed by atoms with Crippen LogP contribution in [-0.4, -0.2) is 9.97 Å². The first-order chi connectivity index (χ1) is 21.8. The molecule has 9 aromatic rings. The molecule has 206 valence electrons. The van der Waals surface area contributed by atoms with E-state index in [4.69, 9.17) is 14.4 Å². The number of rotatable bonds is 4. The molecular formula is C40H24N2OS. The van der Waals surface area contributed by atoms with Crippen LogP contribution in [-0.2, 0) is 0 Å². The molecule has 0 aliphatic rings. The molecular weight excluding hydrogens is 557 g/mol. The summed E-state index contributed by atoms with van der Waals surface area (Å²) in [7, 11) is 0. The third-order valence-electron chi connectivity index (χ3n) is 8.31. The van der Waals surface area contributed by atoms with Gasteiger partial charge in [-0.1, -0.05) is 109 Å². The number of thiophene rings is 1. The van der Waals surface area contributed by atoms with Crippen LogP contribution in [0.3, 0.4) is 0 Å². The van der Waals surface area contributed by atoms with Crippen molar-refractivity contribution < 1.29 is 4.42 Å². The monoisotopic (exact) mass is 580 g/mol. The average Bonchev–Trinajstić information content (AvgIpc) is 3.67. The highest BCUT2D eigenvalue weighted by Gasteiger charge is 2.17. The van der Waals surface area contributed by atoms with Gasteiger partial charge in [-0.3, -0.25) is 0 Å². The zero-order valence-corrected chi connectivity index (χ0v) is 24.4. The number of fused-ring (bicyclic) bond motifs is 6. The van der Waals surface area contributed by atoms with Gasteiger partial charge in [0.25, 0.3) is 0 Å². The topological polar surface area (TPSA) is 38.9 Å². The molecule has 6 aromatic carbocycles. The molecule has 3 aromatic heterocycles. The third-order valence-corrected chi connectivity index (χ3v) is 9.45. The van der Waals surface area contributed by atoms with E-state index in [9.17, 15) is 0 Å². The van der Waals surface area contributed by atoms with E-state index in [0.29, 0.717) is 0 Å². The predicted molar refractivity (Wildman–Crippen MR) is 184 cm³/mol. The van der Waals surface area contributed by atoms with Gasteiger partial charge in [0.2, 0.25) is 0 Å². The van der Waals surface area contributed by atoms with Crippen molar-refractivity contribution in [3.05, 3.63) is 146 Å². The van der Waals surface area contributed by atoms with Crippen LogP contribution in [0, 0.1) is 0 Å². The number of nitrogens with zero attached hydrogens (tertiary/aromatic N) is 2. The predicted octanol–water partition coefficient (Wildman–Crippen LogP) is 11.4. The molecule has 44 heavy (non-hydrogen) atoms. The fourth-order valence-corrected chi connectivity index (χ4v) is 7.39. The van der Waals surface area contributed by atoms with E-state index in [2.05, 4.69) is 109 Å². The first kappa shape index (κ1) is 25.0. The van der Waals surface area contributed by atoms with Gasteiger partial charge in [0.15, 0.2) is 5.82 Å². The van der Waals surface area contributed by atoms with Crippen molar-refractivity contribution in [1.82, 2.24) is 9.97 Å². The van der Waals surface area contributed by atoms with Crippen LogP contribution in [0.5, 0.6) is 0 Å². The Bertz CT molecular complexity index is 2440. The normalized spacial score (nSPS) is 11.6. The largest absolute Gasteiger partial charge is 0.456 e. The quantitative estimate of drug-likeness (QED) is 0.208.